The van der Waals surface area contributed by atoms with Crippen LogP contribution in [-0.4, -0.2) is 28.3 Å². The Morgan fingerprint density at radius 1 is 1.35 bits per heavy atom. The number of benzene rings is 1. The van der Waals surface area contributed by atoms with E-state index in [9.17, 15) is 23.5 Å². The minimum Gasteiger partial charge on any atom is -0.481 e. The fourth-order valence-corrected chi connectivity index (χ4v) is 3.67. The molecule has 126 valence electrons. The number of carbonyl (C=O) groups excluding carboxylic acids is 1. The lowest BCUT2D eigenvalue weighted by Crippen LogP contribution is -2.55. The normalized spacial score (nSPS) is 24.2. The van der Waals surface area contributed by atoms with Gasteiger partial charge in [0.1, 0.15) is 0 Å². The molecule has 1 aliphatic carbocycles. The van der Waals surface area contributed by atoms with Crippen molar-refractivity contribution in [2.45, 2.75) is 43.0 Å². The number of aliphatic carboxylic acids is 1. The molecule has 7 heteroatoms. The van der Waals surface area contributed by atoms with E-state index < -0.39 is 29.1 Å². The number of carbonyl (C=O) groups is 2. The molecule has 0 aromatic heterocycles. The van der Waals surface area contributed by atoms with Crippen LogP contribution >= 0.6 is 11.8 Å². The molecule has 2 rings (SSSR count). The maximum atomic E-state index is 13.1. The summed E-state index contributed by atoms with van der Waals surface area (Å²) in [6.45, 7) is 1.76. The van der Waals surface area contributed by atoms with Crippen LogP contribution in [0.25, 0.3) is 0 Å². The highest BCUT2D eigenvalue weighted by atomic mass is 32.2. The molecule has 1 aliphatic rings. The Morgan fingerprint density at radius 2 is 2.09 bits per heavy atom. The van der Waals surface area contributed by atoms with Gasteiger partial charge in [-0.15, -0.1) is 11.8 Å². The van der Waals surface area contributed by atoms with E-state index >= 15 is 0 Å². The number of halogens is 2. The fourth-order valence-electron chi connectivity index (χ4n) is 2.95. The molecule has 23 heavy (non-hydrogen) atoms. The summed E-state index contributed by atoms with van der Waals surface area (Å²) in [5.74, 6) is -3.68. The molecule has 0 radical (unpaired) electrons. The maximum absolute atomic E-state index is 13.1. The largest absolute Gasteiger partial charge is 0.481 e. The van der Waals surface area contributed by atoms with Crippen LogP contribution < -0.4 is 5.32 Å². The highest BCUT2D eigenvalue weighted by Crippen LogP contribution is 2.34. The number of thioether (sulfide) groups is 1. The molecule has 0 spiro atoms. The predicted molar refractivity (Wildman–Crippen MR) is 83.2 cm³/mol. The Labute approximate surface area is 137 Å². The first-order valence-corrected chi connectivity index (χ1v) is 8.42. The zero-order chi connectivity index (χ0) is 17.0. The summed E-state index contributed by atoms with van der Waals surface area (Å²) in [5, 5.41) is 12.1. The van der Waals surface area contributed by atoms with Gasteiger partial charge in [0.05, 0.1) is 17.2 Å². The van der Waals surface area contributed by atoms with Gasteiger partial charge in [-0.05, 0) is 38.0 Å². The molecule has 1 aromatic carbocycles. The highest BCUT2D eigenvalue weighted by Gasteiger charge is 2.42. The third-order valence-corrected chi connectivity index (χ3v) is 5.19. The van der Waals surface area contributed by atoms with E-state index in [2.05, 4.69) is 5.32 Å². The van der Waals surface area contributed by atoms with Crippen LogP contribution in [0.5, 0.6) is 0 Å². The van der Waals surface area contributed by atoms with E-state index in [1.165, 1.54) is 6.07 Å². The summed E-state index contributed by atoms with van der Waals surface area (Å²) in [6, 6.07) is 3.45. The molecule has 0 heterocycles. The molecule has 1 fully saturated rings. The maximum Gasteiger partial charge on any atom is 0.308 e. The predicted octanol–water partition coefficient (Wildman–Crippen LogP) is 3.21. The standard InChI is InChI=1S/C16H19F2NO3S/c1-16(7-3-2-4-11(16)15(21)22)19-14(20)9-23-10-5-6-12(17)13(18)8-10/h5-6,8,11H,2-4,7,9H2,1H3,(H,19,20)(H,21,22). The van der Waals surface area contributed by atoms with Gasteiger partial charge >= 0.3 is 5.97 Å². The first kappa shape index (κ1) is 17.7. The van der Waals surface area contributed by atoms with Crippen molar-refractivity contribution in [2.24, 2.45) is 5.92 Å². The smallest absolute Gasteiger partial charge is 0.308 e. The van der Waals surface area contributed by atoms with Crippen molar-refractivity contribution in [3.05, 3.63) is 29.8 Å². The lowest BCUT2D eigenvalue weighted by molar-refractivity contribution is -0.146. The van der Waals surface area contributed by atoms with Crippen LogP contribution in [0.4, 0.5) is 8.78 Å². The summed E-state index contributed by atoms with van der Waals surface area (Å²) in [5.41, 5.74) is -0.768. The van der Waals surface area contributed by atoms with Crippen LogP contribution in [0.3, 0.4) is 0 Å². The number of nitrogens with one attached hydrogen (secondary N) is 1. The van der Waals surface area contributed by atoms with Crippen molar-refractivity contribution in [2.75, 3.05) is 5.75 Å². The Morgan fingerprint density at radius 3 is 2.74 bits per heavy atom. The lowest BCUT2D eigenvalue weighted by atomic mass is 9.74. The summed E-state index contributed by atoms with van der Waals surface area (Å²) in [7, 11) is 0. The second kappa shape index (κ2) is 7.29. The highest BCUT2D eigenvalue weighted by molar-refractivity contribution is 8.00. The van der Waals surface area contributed by atoms with Gasteiger partial charge < -0.3 is 10.4 Å². The summed E-state index contributed by atoms with van der Waals surface area (Å²) < 4.78 is 26.0. The fraction of sp³-hybridized carbons (Fsp3) is 0.500. The van der Waals surface area contributed by atoms with Crippen molar-refractivity contribution >= 4 is 23.6 Å². The van der Waals surface area contributed by atoms with Crippen molar-refractivity contribution in [3.63, 3.8) is 0 Å². The molecule has 0 bridgehead atoms. The molecule has 4 nitrogen and oxygen atoms in total. The van der Waals surface area contributed by atoms with Crippen molar-refractivity contribution in [3.8, 4) is 0 Å². The SMILES string of the molecule is CC1(NC(=O)CSc2ccc(F)c(F)c2)CCCCC1C(=O)O. The number of amides is 1. The van der Waals surface area contributed by atoms with E-state index in [4.69, 9.17) is 0 Å². The molecule has 1 saturated carbocycles. The Balaban J connectivity index is 1.95. The number of hydrogen-bond acceptors (Lipinski definition) is 3. The van der Waals surface area contributed by atoms with Gasteiger partial charge in [-0.3, -0.25) is 9.59 Å². The van der Waals surface area contributed by atoms with Gasteiger partial charge in [0, 0.05) is 4.90 Å². The van der Waals surface area contributed by atoms with E-state index in [0.29, 0.717) is 17.7 Å². The Kier molecular flexibility index (Phi) is 5.62. The number of carboxylic acids is 1. The van der Waals surface area contributed by atoms with Gasteiger partial charge in [-0.2, -0.15) is 0 Å². The third-order valence-electron chi connectivity index (χ3n) is 4.19. The molecular weight excluding hydrogens is 324 g/mol. The molecule has 0 aliphatic heterocycles. The van der Waals surface area contributed by atoms with E-state index in [-0.39, 0.29) is 11.7 Å². The molecule has 2 unspecified atom stereocenters. The van der Waals surface area contributed by atoms with Crippen LogP contribution in [0.1, 0.15) is 32.6 Å². The summed E-state index contributed by atoms with van der Waals surface area (Å²) in [6.07, 6.45) is 2.87. The third kappa shape index (κ3) is 4.43. The second-order valence-corrected chi connectivity index (χ2v) is 7.02. The Hall–Kier alpha value is -1.63. The van der Waals surface area contributed by atoms with Gasteiger partial charge in [0.2, 0.25) is 5.91 Å². The van der Waals surface area contributed by atoms with Gasteiger partial charge in [-0.25, -0.2) is 8.78 Å². The summed E-state index contributed by atoms with van der Waals surface area (Å²) >= 11 is 1.08. The number of carboxylic acid groups (broad SMARTS) is 1. The van der Waals surface area contributed by atoms with Crippen LogP contribution in [0, 0.1) is 17.6 Å². The van der Waals surface area contributed by atoms with Crippen molar-refractivity contribution in [1.82, 2.24) is 5.32 Å². The quantitative estimate of drug-likeness (QED) is 0.806. The molecule has 0 saturated heterocycles. The van der Waals surface area contributed by atoms with Gasteiger partial charge in [-0.1, -0.05) is 12.8 Å². The molecular formula is C16H19F2NO3S. The average Bonchev–Trinajstić information content (AvgIpc) is 2.48. The van der Waals surface area contributed by atoms with Crippen molar-refractivity contribution in [1.29, 1.82) is 0 Å². The van der Waals surface area contributed by atoms with Crippen LogP contribution in [0.2, 0.25) is 0 Å². The van der Waals surface area contributed by atoms with E-state index in [1.54, 1.807) is 6.92 Å². The van der Waals surface area contributed by atoms with Crippen LogP contribution in [-0.2, 0) is 9.59 Å². The average molecular weight is 343 g/mol. The van der Waals surface area contributed by atoms with Gasteiger partial charge in [0.15, 0.2) is 11.6 Å². The zero-order valence-electron chi connectivity index (χ0n) is 12.8. The van der Waals surface area contributed by atoms with Gasteiger partial charge in [0.25, 0.3) is 0 Å². The van der Waals surface area contributed by atoms with E-state index in [0.717, 1.165) is 36.7 Å². The minimum atomic E-state index is -0.958. The topological polar surface area (TPSA) is 66.4 Å². The van der Waals surface area contributed by atoms with Crippen molar-refractivity contribution < 1.29 is 23.5 Å². The number of hydrogen-bond donors (Lipinski definition) is 2. The number of rotatable bonds is 5. The monoisotopic (exact) mass is 343 g/mol. The minimum absolute atomic E-state index is 0.0208. The van der Waals surface area contributed by atoms with E-state index in [1.807, 2.05) is 0 Å². The first-order valence-electron chi connectivity index (χ1n) is 7.43. The first-order chi connectivity index (χ1) is 10.8. The Bertz CT molecular complexity index is 611. The lowest BCUT2D eigenvalue weighted by Gasteiger charge is -2.39. The molecule has 1 amide bonds. The molecule has 2 N–H and O–H groups in total. The second-order valence-electron chi connectivity index (χ2n) is 5.97. The molecule has 1 aromatic rings. The summed E-state index contributed by atoms with van der Waals surface area (Å²) in [4.78, 5) is 23.9. The van der Waals surface area contributed by atoms with Crippen LogP contribution in [0.15, 0.2) is 23.1 Å². The zero-order valence-corrected chi connectivity index (χ0v) is 13.6. The molecule has 2 atom stereocenters.